The number of rotatable bonds is 8. The van der Waals surface area contributed by atoms with Gasteiger partial charge in [-0.15, -0.1) is 0 Å². The number of ether oxygens (including phenoxy) is 5. The average molecular weight is 460 g/mol. The number of aliphatic hydroxyl groups is 1. The Morgan fingerprint density at radius 2 is 1.88 bits per heavy atom. The van der Waals surface area contributed by atoms with Gasteiger partial charge in [0.25, 0.3) is 0 Å². The molecule has 1 unspecified atom stereocenters. The van der Waals surface area contributed by atoms with Crippen LogP contribution in [0.1, 0.15) is 56.0 Å². The molecule has 1 N–H and O–H groups in total. The predicted molar refractivity (Wildman–Crippen MR) is 123 cm³/mol. The summed E-state index contributed by atoms with van der Waals surface area (Å²) in [6.07, 6.45) is 7.07. The molecule has 8 nitrogen and oxygen atoms in total. The number of hydrogen-bond donors (Lipinski definition) is 1. The second kappa shape index (κ2) is 14.3. The van der Waals surface area contributed by atoms with Gasteiger partial charge < -0.3 is 28.8 Å². The van der Waals surface area contributed by atoms with Crippen LogP contribution in [0.2, 0.25) is 0 Å². The zero-order valence-electron chi connectivity index (χ0n) is 19.5. The Hall–Kier alpha value is -2.86. The van der Waals surface area contributed by atoms with Crippen LogP contribution in [-0.4, -0.2) is 50.1 Å². The number of benzene rings is 1. The van der Waals surface area contributed by atoms with Gasteiger partial charge in [0, 0.05) is 25.7 Å². The van der Waals surface area contributed by atoms with Gasteiger partial charge in [0.1, 0.15) is 23.2 Å². The third-order valence-corrected chi connectivity index (χ3v) is 4.88. The summed E-state index contributed by atoms with van der Waals surface area (Å²) < 4.78 is 27.6. The SMILES string of the molecule is CCOCOc1cc2c(c(OCOCC)c1)C(=O)O[C@@H](C)CC(C#N)/C=C\[C@@H](O)CC/C=C/2. The van der Waals surface area contributed by atoms with Gasteiger partial charge in [-0.2, -0.15) is 5.26 Å². The minimum absolute atomic E-state index is 0.0438. The maximum absolute atomic E-state index is 13.2. The van der Waals surface area contributed by atoms with Crippen LogP contribution in [0.15, 0.2) is 30.4 Å². The van der Waals surface area contributed by atoms with Crippen LogP contribution in [0.3, 0.4) is 0 Å². The number of aliphatic hydroxyl groups excluding tert-OH is 1. The minimum atomic E-state index is -0.670. The first-order chi connectivity index (χ1) is 16.0. The standard InChI is InChI=1S/C25H33NO7/c1-4-29-16-31-22-13-20-8-6-7-9-21(27)11-10-19(15-26)12-18(3)33-25(28)24(20)23(14-22)32-17-30-5-2/h6,8,10-11,13-14,18-19,21,27H,4-5,7,9,12,16-17H2,1-3H3/b8-6+,11-10-/t18-,19?,21-/m0/s1. The predicted octanol–water partition coefficient (Wildman–Crippen LogP) is 4.23. The number of hydrogen-bond acceptors (Lipinski definition) is 8. The van der Waals surface area contributed by atoms with Crippen LogP contribution < -0.4 is 9.47 Å². The van der Waals surface area contributed by atoms with E-state index in [1.807, 2.05) is 19.9 Å². The summed E-state index contributed by atoms with van der Waals surface area (Å²) in [5.74, 6) is -0.322. The van der Waals surface area contributed by atoms with Crippen molar-refractivity contribution in [2.45, 2.75) is 52.2 Å². The Balaban J connectivity index is 2.45. The highest BCUT2D eigenvalue weighted by Crippen LogP contribution is 2.32. The second-order valence-electron chi connectivity index (χ2n) is 7.51. The number of allylic oxidation sites excluding steroid dienone is 2. The molecule has 0 aromatic heterocycles. The van der Waals surface area contributed by atoms with Crippen molar-refractivity contribution in [3.63, 3.8) is 0 Å². The molecule has 180 valence electrons. The van der Waals surface area contributed by atoms with Crippen molar-refractivity contribution in [3.8, 4) is 17.6 Å². The highest BCUT2D eigenvalue weighted by Gasteiger charge is 2.23. The molecule has 0 bridgehead atoms. The Bertz CT molecular complexity index is 859. The molecule has 1 aromatic carbocycles. The molecular formula is C25H33NO7. The molecule has 1 heterocycles. The van der Waals surface area contributed by atoms with Crippen LogP contribution in [0.25, 0.3) is 6.08 Å². The fourth-order valence-corrected chi connectivity index (χ4v) is 3.20. The molecule has 2 rings (SSSR count). The van der Waals surface area contributed by atoms with Crippen molar-refractivity contribution in [1.29, 1.82) is 5.26 Å². The first-order valence-electron chi connectivity index (χ1n) is 11.2. The smallest absolute Gasteiger partial charge is 0.342 e. The van der Waals surface area contributed by atoms with E-state index < -0.39 is 24.1 Å². The summed E-state index contributed by atoms with van der Waals surface area (Å²) >= 11 is 0. The molecular weight excluding hydrogens is 426 g/mol. The van der Waals surface area contributed by atoms with E-state index in [1.54, 1.807) is 37.3 Å². The molecule has 8 heteroatoms. The Labute approximate surface area is 195 Å². The van der Waals surface area contributed by atoms with Gasteiger partial charge in [-0.05, 0) is 45.2 Å². The third-order valence-electron chi connectivity index (χ3n) is 4.88. The van der Waals surface area contributed by atoms with E-state index in [-0.39, 0.29) is 24.9 Å². The lowest BCUT2D eigenvalue weighted by Gasteiger charge is -2.19. The summed E-state index contributed by atoms with van der Waals surface area (Å²) in [7, 11) is 0. The molecule has 0 radical (unpaired) electrons. The van der Waals surface area contributed by atoms with Crippen molar-refractivity contribution in [3.05, 3.63) is 41.5 Å². The fraction of sp³-hybridized carbons (Fsp3) is 0.520. The minimum Gasteiger partial charge on any atom is -0.467 e. The number of fused-ring (bicyclic) bond motifs is 1. The van der Waals surface area contributed by atoms with E-state index in [0.717, 1.165) is 0 Å². The maximum atomic E-state index is 13.2. The van der Waals surface area contributed by atoms with Crippen LogP contribution >= 0.6 is 0 Å². The summed E-state index contributed by atoms with van der Waals surface area (Å²) in [6.45, 7) is 6.41. The number of carbonyl (C=O) groups is 1. The molecule has 0 fully saturated rings. The molecule has 3 atom stereocenters. The number of cyclic esters (lactones) is 1. The normalized spacial score (nSPS) is 23.4. The van der Waals surface area contributed by atoms with Crippen LogP contribution in [0.4, 0.5) is 0 Å². The van der Waals surface area contributed by atoms with Gasteiger partial charge >= 0.3 is 5.97 Å². The van der Waals surface area contributed by atoms with Crippen molar-refractivity contribution in [1.82, 2.24) is 0 Å². The van der Waals surface area contributed by atoms with Crippen molar-refractivity contribution in [2.75, 3.05) is 26.8 Å². The number of nitrogens with zero attached hydrogens (tertiary/aromatic N) is 1. The first-order valence-corrected chi connectivity index (χ1v) is 11.2. The topological polar surface area (TPSA) is 107 Å². The molecule has 0 saturated heterocycles. The second-order valence-corrected chi connectivity index (χ2v) is 7.51. The molecule has 0 amide bonds. The van der Waals surface area contributed by atoms with Crippen molar-refractivity contribution < 1.29 is 33.6 Å². The number of esters is 1. The zero-order chi connectivity index (χ0) is 24.1. The van der Waals surface area contributed by atoms with Crippen LogP contribution in [0, 0.1) is 17.2 Å². The summed E-state index contributed by atoms with van der Waals surface area (Å²) in [5, 5.41) is 19.6. The lowest BCUT2D eigenvalue weighted by molar-refractivity contribution is 0.0157. The zero-order valence-corrected chi connectivity index (χ0v) is 19.5. The van der Waals surface area contributed by atoms with E-state index in [9.17, 15) is 15.2 Å². The summed E-state index contributed by atoms with van der Waals surface area (Å²) in [4.78, 5) is 13.2. The highest BCUT2D eigenvalue weighted by atomic mass is 16.7. The number of nitriles is 1. The molecule has 0 aliphatic carbocycles. The van der Waals surface area contributed by atoms with Gasteiger partial charge in [-0.3, -0.25) is 0 Å². The Kier molecular flexibility index (Phi) is 11.5. The lowest BCUT2D eigenvalue weighted by atomic mass is 10.0. The van der Waals surface area contributed by atoms with E-state index in [4.69, 9.17) is 23.7 Å². The van der Waals surface area contributed by atoms with Crippen molar-refractivity contribution in [2.24, 2.45) is 5.92 Å². The van der Waals surface area contributed by atoms with E-state index in [2.05, 4.69) is 6.07 Å². The van der Waals surface area contributed by atoms with Crippen molar-refractivity contribution >= 4 is 12.0 Å². The van der Waals surface area contributed by atoms with Crippen LogP contribution in [0.5, 0.6) is 11.5 Å². The lowest BCUT2D eigenvalue weighted by Crippen LogP contribution is -2.20. The molecule has 1 aliphatic rings. The van der Waals surface area contributed by atoms with Gasteiger partial charge in [0.2, 0.25) is 0 Å². The maximum Gasteiger partial charge on any atom is 0.342 e. The van der Waals surface area contributed by atoms with Gasteiger partial charge in [0.05, 0.1) is 18.1 Å². The molecule has 33 heavy (non-hydrogen) atoms. The highest BCUT2D eigenvalue weighted by molar-refractivity contribution is 5.97. The third kappa shape index (κ3) is 8.89. The fourth-order valence-electron chi connectivity index (χ4n) is 3.20. The molecule has 1 aromatic rings. The molecule has 1 aliphatic heterocycles. The van der Waals surface area contributed by atoms with Gasteiger partial charge in [0.15, 0.2) is 13.6 Å². The Morgan fingerprint density at radius 1 is 1.15 bits per heavy atom. The van der Waals surface area contributed by atoms with Gasteiger partial charge in [-0.25, -0.2) is 4.79 Å². The van der Waals surface area contributed by atoms with E-state index in [0.29, 0.717) is 43.8 Å². The summed E-state index contributed by atoms with van der Waals surface area (Å²) in [5.41, 5.74) is 0.787. The molecule has 0 saturated carbocycles. The number of carbonyl (C=O) groups excluding carboxylic acids is 1. The summed E-state index contributed by atoms with van der Waals surface area (Å²) in [6, 6.07) is 5.49. The average Bonchev–Trinajstić information content (AvgIpc) is 2.79. The van der Waals surface area contributed by atoms with E-state index >= 15 is 0 Å². The van der Waals surface area contributed by atoms with Crippen LogP contribution in [-0.2, 0) is 14.2 Å². The first kappa shape index (κ1) is 26.4. The quantitative estimate of drug-likeness (QED) is 0.266. The Morgan fingerprint density at radius 3 is 2.58 bits per heavy atom. The molecule has 0 spiro atoms. The van der Waals surface area contributed by atoms with Gasteiger partial charge in [-0.1, -0.05) is 24.3 Å². The largest absolute Gasteiger partial charge is 0.467 e. The monoisotopic (exact) mass is 459 g/mol. The van der Waals surface area contributed by atoms with E-state index in [1.165, 1.54) is 0 Å².